The van der Waals surface area contributed by atoms with Gasteiger partial charge < -0.3 is 5.32 Å². The molecular formula is C13H12F3N3O2S. The number of anilines is 1. The summed E-state index contributed by atoms with van der Waals surface area (Å²) in [5.74, 6) is 0. The molecule has 0 radical (unpaired) electrons. The highest BCUT2D eigenvalue weighted by Crippen LogP contribution is 2.34. The number of nitrogens with one attached hydrogen (secondary N) is 1. The molecule has 5 nitrogen and oxygen atoms in total. The average molecular weight is 331 g/mol. The van der Waals surface area contributed by atoms with Gasteiger partial charge in [-0.1, -0.05) is 0 Å². The zero-order valence-corrected chi connectivity index (χ0v) is 12.3. The molecule has 0 aliphatic rings. The molecule has 1 N–H and O–H groups in total. The van der Waals surface area contributed by atoms with E-state index in [2.05, 4.69) is 10.3 Å². The molecule has 0 amide bonds. The first-order chi connectivity index (χ1) is 10.3. The molecule has 0 aliphatic carbocycles. The van der Waals surface area contributed by atoms with E-state index >= 15 is 0 Å². The maximum atomic E-state index is 12.6. The smallest absolute Gasteiger partial charge is 0.379 e. The molecule has 0 aliphatic heterocycles. The minimum absolute atomic E-state index is 0.0601. The Labute approximate surface area is 128 Å². The fraction of sp³-hybridized carbons (Fsp3) is 0.308. The van der Waals surface area contributed by atoms with Gasteiger partial charge in [-0.05, 0) is 19.1 Å². The molecule has 2 aromatic rings. The van der Waals surface area contributed by atoms with Crippen molar-refractivity contribution >= 4 is 22.7 Å². The summed E-state index contributed by atoms with van der Waals surface area (Å²) in [5, 5.41) is 16.5. The fourth-order valence-corrected chi connectivity index (χ4v) is 2.50. The van der Waals surface area contributed by atoms with Crippen LogP contribution in [0.3, 0.4) is 0 Å². The summed E-state index contributed by atoms with van der Waals surface area (Å²) in [6, 6.07) is 2.44. The highest BCUT2D eigenvalue weighted by molar-refractivity contribution is 7.09. The van der Waals surface area contributed by atoms with Gasteiger partial charge in [0.2, 0.25) is 0 Å². The van der Waals surface area contributed by atoms with Gasteiger partial charge >= 0.3 is 6.18 Å². The van der Waals surface area contributed by atoms with Crippen LogP contribution in [0, 0.1) is 17.0 Å². The average Bonchev–Trinajstić information content (AvgIpc) is 2.83. The normalized spacial score (nSPS) is 11.5. The van der Waals surface area contributed by atoms with Crippen molar-refractivity contribution in [3.05, 3.63) is 50.0 Å². The second-order valence-corrected chi connectivity index (χ2v) is 5.58. The van der Waals surface area contributed by atoms with Crippen LogP contribution in [0.25, 0.3) is 0 Å². The number of alkyl halides is 3. The molecule has 118 valence electrons. The highest BCUT2D eigenvalue weighted by atomic mass is 32.1. The molecule has 0 fully saturated rings. The van der Waals surface area contributed by atoms with Crippen LogP contribution < -0.4 is 5.32 Å². The lowest BCUT2D eigenvalue weighted by Crippen LogP contribution is -2.10. The van der Waals surface area contributed by atoms with Gasteiger partial charge in [0.05, 0.1) is 21.2 Å². The number of aromatic nitrogens is 1. The summed E-state index contributed by atoms with van der Waals surface area (Å²) in [6.07, 6.45) is -4.08. The first kappa shape index (κ1) is 16.2. The van der Waals surface area contributed by atoms with Crippen LogP contribution >= 0.6 is 11.3 Å². The summed E-state index contributed by atoms with van der Waals surface area (Å²) in [4.78, 5) is 14.3. The number of aryl methyl sites for hydroxylation is 1. The third kappa shape index (κ3) is 3.94. The molecule has 0 unspecified atom stereocenters. The van der Waals surface area contributed by atoms with Crippen LogP contribution in [0.2, 0.25) is 0 Å². The number of nitro groups is 1. The number of benzene rings is 1. The largest absolute Gasteiger partial charge is 0.416 e. The Kier molecular flexibility index (Phi) is 4.65. The van der Waals surface area contributed by atoms with Crippen molar-refractivity contribution in [1.29, 1.82) is 0 Å². The van der Waals surface area contributed by atoms with Gasteiger partial charge in [-0.2, -0.15) is 13.2 Å². The number of nitrogens with zero attached hydrogens (tertiary/aromatic N) is 2. The molecule has 2 rings (SSSR count). The zero-order chi connectivity index (χ0) is 16.3. The maximum absolute atomic E-state index is 12.6. The summed E-state index contributed by atoms with van der Waals surface area (Å²) in [6.45, 7) is 2.21. The van der Waals surface area contributed by atoms with Crippen molar-refractivity contribution in [3.8, 4) is 0 Å². The number of thiazole rings is 1. The Hall–Kier alpha value is -2.16. The van der Waals surface area contributed by atoms with Gasteiger partial charge in [-0.3, -0.25) is 10.1 Å². The summed E-state index contributed by atoms with van der Waals surface area (Å²) in [5.41, 5.74) is -0.737. The third-order valence-corrected chi connectivity index (χ3v) is 3.71. The maximum Gasteiger partial charge on any atom is 0.416 e. The lowest BCUT2D eigenvalue weighted by atomic mass is 10.1. The molecule has 0 spiro atoms. The second-order valence-electron chi connectivity index (χ2n) is 4.52. The van der Waals surface area contributed by atoms with Crippen LogP contribution in [0.15, 0.2) is 23.6 Å². The molecule has 1 heterocycles. The van der Waals surface area contributed by atoms with E-state index < -0.39 is 22.4 Å². The summed E-state index contributed by atoms with van der Waals surface area (Å²) in [7, 11) is 0. The molecule has 0 bridgehead atoms. The van der Waals surface area contributed by atoms with E-state index in [9.17, 15) is 23.3 Å². The number of hydrogen-bond acceptors (Lipinski definition) is 5. The Bertz CT molecular complexity index is 685. The van der Waals surface area contributed by atoms with Crippen LogP contribution in [0.1, 0.15) is 16.3 Å². The lowest BCUT2D eigenvalue weighted by Gasteiger charge is -2.10. The van der Waals surface area contributed by atoms with Crippen LogP contribution in [0.4, 0.5) is 24.5 Å². The van der Waals surface area contributed by atoms with E-state index in [0.29, 0.717) is 19.0 Å². The molecular weight excluding hydrogens is 319 g/mol. The monoisotopic (exact) mass is 331 g/mol. The standard InChI is InChI=1S/C13H12F3N3O2S/c1-8-18-10(7-22-8)4-5-17-11-3-2-9(13(14,15)16)6-12(11)19(20)21/h2-3,6-7,17H,4-5H2,1H3. The minimum atomic E-state index is -4.61. The second kappa shape index (κ2) is 6.30. The SMILES string of the molecule is Cc1nc(CCNc2ccc(C(F)(F)F)cc2[N+](=O)[O-])cs1. The summed E-state index contributed by atoms with van der Waals surface area (Å²) >= 11 is 1.49. The van der Waals surface area contributed by atoms with Gasteiger partial charge in [0.15, 0.2) is 0 Å². The van der Waals surface area contributed by atoms with Gasteiger partial charge in [-0.25, -0.2) is 4.98 Å². The number of rotatable bonds is 5. The van der Waals surface area contributed by atoms with Crippen molar-refractivity contribution in [1.82, 2.24) is 4.98 Å². The number of nitro benzene ring substituents is 1. The molecule has 0 saturated heterocycles. The predicted octanol–water partition coefficient (Wildman–Crippen LogP) is 4.03. The van der Waals surface area contributed by atoms with Crippen molar-refractivity contribution in [2.24, 2.45) is 0 Å². The van der Waals surface area contributed by atoms with Gasteiger partial charge in [0.25, 0.3) is 5.69 Å². The first-order valence-electron chi connectivity index (χ1n) is 6.28. The number of halogens is 3. The van der Waals surface area contributed by atoms with Gasteiger partial charge in [0, 0.05) is 24.4 Å². The Morgan fingerprint density at radius 3 is 2.68 bits per heavy atom. The zero-order valence-electron chi connectivity index (χ0n) is 11.5. The van der Waals surface area contributed by atoms with E-state index in [4.69, 9.17) is 0 Å². The molecule has 1 aromatic heterocycles. The molecule has 0 atom stereocenters. The van der Waals surface area contributed by atoms with E-state index in [1.54, 1.807) is 0 Å². The van der Waals surface area contributed by atoms with E-state index in [-0.39, 0.29) is 5.69 Å². The Morgan fingerprint density at radius 2 is 2.14 bits per heavy atom. The molecule has 0 saturated carbocycles. The third-order valence-electron chi connectivity index (χ3n) is 2.88. The van der Waals surface area contributed by atoms with Gasteiger partial charge in [0.1, 0.15) is 5.69 Å². The van der Waals surface area contributed by atoms with Crippen molar-refractivity contribution in [2.45, 2.75) is 19.5 Å². The van der Waals surface area contributed by atoms with Crippen LogP contribution in [-0.4, -0.2) is 16.5 Å². The van der Waals surface area contributed by atoms with Crippen molar-refractivity contribution < 1.29 is 18.1 Å². The molecule has 9 heteroatoms. The highest BCUT2D eigenvalue weighted by Gasteiger charge is 2.32. The van der Waals surface area contributed by atoms with Crippen molar-refractivity contribution in [3.63, 3.8) is 0 Å². The van der Waals surface area contributed by atoms with Crippen LogP contribution in [-0.2, 0) is 12.6 Å². The number of hydrogen-bond donors (Lipinski definition) is 1. The lowest BCUT2D eigenvalue weighted by molar-refractivity contribution is -0.384. The fourth-order valence-electron chi connectivity index (χ4n) is 1.86. The minimum Gasteiger partial charge on any atom is -0.379 e. The van der Waals surface area contributed by atoms with Crippen LogP contribution in [0.5, 0.6) is 0 Å². The van der Waals surface area contributed by atoms with E-state index in [0.717, 1.165) is 22.8 Å². The van der Waals surface area contributed by atoms with Gasteiger partial charge in [-0.15, -0.1) is 11.3 Å². The topological polar surface area (TPSA) is 68.1 Å². The predicted molar refractivity (Wildman–Crippen MR) is 77.1 cm³/mol. The van der Waals surface area contributed by atoms with E-state index in [1.807, 2.05) is 12.3 Å². The summed E-state index contributed by atoms with van der Waals surface area (Å²) < 4.78 is 37.8. The molecule has 22 heavy (non-hydrogen) atoms. The molecule has 1 aromatic carbocycles. The van der Waals surface area contributed by atoms with Crippen molar-refractivity contribution in [2.75, 3.05) is 11.9 Å². The first-order valence-corrected chi connectivity index (χ1v) is 7.16. The van der Waals surface area contributed by atoms with E-state index in [1.165, 1.54) is 11.3 Å². The Morgan fingerprint density at radius 1 is 1.41 bits per heavy atom. The quantitative estimate of drug-likeness (QED) is 0.663. The Balaban J connectivity index is 2.11.